The van der Waals surface area contributed by atoms with Crippen LogP contribution in [0.2, 0.25) is 5.28 Å². The van der Waals surface area contributed by atoms with Gasteiger partial charge in [0.05, 0.1) is 11.7 Å². The highest BCUT2D eigenvalue weighted by Gasteiger charge is 2.20. The summed E-state index contributed by atoms with van der Waals surface area (Å²) in [5.74, 6) is 0.233. The van der Waals surface area contributed by atoms with Crippen molar-refractivity contribution in [3.63, 3.8) is 0 Å². The largest absolute Gasteiger partial charge is 0.341 e. The molecule has 0 saturated heterocycles. The summed E-state index contributed by atoms with van der Waals surface area (Å²) < 4.78 is 3.15. The Bertz CT molecular complexity index is 772. The minimum absolute atomic E-state index is 0.0350. The van der Waals surface area contributed by atoms with Crippen molar-refractivity contribution in [2.75, 3.05) is 0 Å². The molecular weight excluding hydrogens is 306 g/mol. The number of nitrogens with zero attached hydrogens (tertiary/aromatic N) is 6. The average Bonchev–Trinajstić information content (AvgIpc) is 3.08. The number of aryl methyl sites for hydroxylation is 1. The lowest BCUT2D eigenvalue weighted by Crippen LogP contribution is -2.29. The lowest BCUT2D eigenvalue weighted by atomic mass is 10.1. The van der Waals surface area contributed by atoms with Crippen LogP contribution in [0.15, 0.2) is 24.7 Å². The van der Waals surface area contributed by atoms with Crippen LogP contribution in [0.3, 0.4) is 0 Å². The number of nitrogens with one attached hydrogen (secondary N) is 1. The van der Waals surface area contributed by atoms with Gasteiger partial charge in [-0.15, -0.1) is 5.10 Å². The van der Waals surface area contributed by atoms with Gasteiger partial charge in [0, 0.05) is 25.6 Å². The second kappa shape index (κ2) is 5.72. The molecule has 3 aromatic heterocycles. The summed E-state index contributed by atoms with van der Waals surface area (Å²) >= 11 is 5.80. The molecule has 1 unspecified atom stereocenters. The van der Waals surface area contributed by atoms with Crippen LogP contribution in [0.1, 0.15) is 35.7 Å². The Balaban J connectivity index is 1.83. The number of hydrogen-bond donors (Lipinski definition) is 1. The number of amides is 1. The molecule has 1 N–H and O–H groups in total. The van der Waals surface area contributed by atoms with Crippen molar-refractivity contribution in [2.45, 2.75) is 19.4 Å². The lowest BCUT2D eigenvalue weighted by Gasteiger charge is -2.12. The zero-order valence-corrected chi connectivity index (χ0v) is 12.8. The predicted molar refractivity (Wildman–Crippen MR) is 79.5 cm³/mol. The molecule has 0 saturated carbocycles. The summed E-state index contributed by atoms with van der Waals surface area (Å²) in [5.41, 5.74) is 0.733. The maximum atomic E-state index is 12.2. The SMILES string of the molecule is CCC(NC(=O)c1nc(Cl)n(C)n1)c1cn2cccnc2n1. The number of fused-ring (bicyclic) bond motifs is 1. The molecule has 0 spiro atoms. The summed E-state index contributed by atoms with van der Waals surface area (Å²) in [6.45, 7) is 1.96. The van der Waals surface area contributed by atoms with Crippen molar-refractivity contribution in [1.82, 2.24) is 34.4 Å². The molecule has 1 amide bonds. The van der Waals surface area contributed by atoms with E-state index in [0.29, 0.717) is 12.2 Å². The van der Waals surface area contributed by atoms with Gasteiger partial charge < -0.3 is 5.32 Å². The first-order valence-electron chi connectivity index (χ1n) is 6.75. The van der Waals surface area contributed by atoms with Crippen LogP contribution in [0.4, 0.5) is 0 Å². The Hall–Kier alpha value is -2.48. The van der Waals surface area contributed by atoms with Gasteiger partial charge in [0.15, 0.2) is 0 Å². The number of hydrogen-bond acceptors (Lipinski definition) is 5. The van der Waals surface area contributed by atoms with Gasteiger partial charge >= 0.3 is 0 Å². The van der Waals surface area contributed by atoms with Gasteiger partial charge in [0.25, 0.3) is 5.91 Å². The van der Waals surface area contributed by atoms with Gasteiger partial charge in [-0.25, -0.2) is 14.6 Å². The number of rotatable bonds is 4. The van der Waals surface area contributed by atoms with Crippen molar-refractivity contribution in [3.05, 3.63) is 41.5 Å². The summed E-state index contributed by atoms with van der Waals surface area (Å²) in [5, 5.41) is 6.98. The van der Waals surface area contributed by atoms with E-state index in [1.54, 1.807) is 17.6 Å². The quantitative estimate of drug-likeness (QED) is 0.785. The molecule has 9 heteroatoms. The number of carbonyl (C=O) groups is 1. The fraction of sp³-hybridized carbons (Fsp3) is 0.308. The van der Waals surface area contributed by atoms with Crippen LogP contribution >= 0.6 is 11.6 Å². The van der Waals surface area contributed by atoms with E-state index in [9.17, 15) is 4.79 Å². The highest BCUT2D eigenvalue weighted by atomic mass is 35.5. The van der Waals surface area contributed by atoms with Gasteiger partial charge in [-0.1, -0.05) is 6.92 Å². The maximum Gasteiger partial charge on any atom is 0.291 e. The van der Waals surface area contributed by atoms with Gasteiger partial charge in [-0.05, 0) is 24.1 Å². The lowest BCUT2D eigenvalue weighted by molar-refractivity contribution is 0.0924. The molecule has 8 nitrogen and oxygen atoms in total. The summed E-state index contributed by atoms with van der Waals surface area (Å²) in [6.07, 6.45) is 6.05. The Morgan fingerprint density at radius 2 is 2.27 bits per heavy atom. The van der Waals surface area contributed by atoms with Crippen molar-refractivity contribution >= 4 is 23.3 Å². The zero-order chi connectivity index (χ0) is 15.7. The van der Waals surface area contributed by atoms with E-state index < -0.39 is 0 Å². The smallest absolute Gasteiger partial charge is 0.291 e. The monoisotopic (exact) mass is 319 g/mol. The average molecular weight is 320 g/mol. The van der Waals surface area contributed by atoms with E-state index >= 15 is 0 Å². The van der Waals surface area contributed by atoms with Gasteiger partial charge in [-0.3, -0.25) is 9.20 Å². The summed E-state index contributed by atoms with van der Waals surface area (Å²) in [6, 6.07) is 1.56. The Labute approximate surface area is 131 Å². The van der Waals surface area contributed by atoms with Crippen LogP contribution in [0.25, 0.3) is 5.78 Å². The van der Waals surface area contributed by atoms with E-state index in [2.05, 4.69) is 25.4 Å². The molecule has 3 aromatic rings. The molecule has 1 atom stereocenters. The molecule has 3 heterocycles. The topological polar surface area (TPSA) is 90.0 Å². The third-order valence-corrected chi connectivity index (χ3v) is 3.57. The number of imidazole rings is 1. The number of halogens is 1. The van der Waals surface area contributed by atoms with E-state index in [0.717, 1.165) is 5.69 Å². The Morgan fingerprint density at radius 3 is 2.91 bits per heavy atom. The van der Waals surface area contributed by atoms with Crippen molar-refractivity contribution in [3.8, 4) is 0 Å². The molecule has 0 aliphatic carbocycles. The van der Waals surface area contributed by atoms with Gasteiger partial charge in [0.2, 0.25) is 16.9 Å². The molecule has 0 aliphatic heterocycles. The maximum absolute atomic E-state index is 12.2. The summed E-state index contributed by atoms with van der Waals surface area (Å²) in [4.78, 5) is 24.7. The molecule has 0 aromatic carbocycles. The van der Waals surface area contributed by atoms with E-state index in [-0.39, 0.29) is 23.1 Å². The molecule has 0 bridgehead atoms. The number of carbonyl (C=O) groups excluding carboxylic acids is 1. The van der Waals surface area contributed by atoms with Crippen molar-refractivity contribution in [1.29, 1.82) is 0 Å². The fourth-order valence-electron chi connectivity index (χ4n) is 2.09. The molecule has 22 heavy (non-hydrogen) atoms. The second-order valence-corrected chi connectivity index (χ2v) is 5.09. The molecule has 3 rings (SSSR count). The van der Waals surface area contributed by atoms with Crippen LogP contribution in [-0.2, 0) is 7.05 Å². The van der Waals surface area contributed by atoms with E-state index in [4.69, 9.17) is 11.6 Å². The third-order valence-electron chi connectivity index (χ3n) is 3.24. The Morgan fingerprint density at radius 1 is 1.45 bits per heavy atom. The van der Waals surface area contributed by atoms with Crippen LogP contribution in [0, 0.1) is 0 Å². The minimum Gasteiger partial charge on any atom is -0.341 e. The van der Waals surface area contributed by atoms with Crippen LogP contribution in [0.5, 0.6) is 0 Å². The fourth-order valence-corrected chi connectivity index (χ4v) is 2.20. The Kier molecular flexibility index (Phi) is 3.76. The third kappa shape index (κ3) is 2.64. The molecule has 114 valence electrons. The first kappa shape index (κ1) is 14.5. The zero-order valence-electron chi connectivity index (χ0n) is 12.1. The standard InChI is InChI=1S/C13H14ClN7O/c1-3-8(9-7-21-6-4-5-15-13(21)17-9)16-11(22)10-18-12(14)20(2)19-10/h4-8H,3H2,1-2H3,(H,16,22). The van der Waals surface area contributed by atoms with Crippen LogP contribution in [-0.4, -0.2) is 35.0 Å². The van der Waals surface area contributed by atoms with E-state index in [1.807, 2.05) is 25.4 Å². The van der Waals surface area contributed by atoms with Crippen molar-refractivity contribution < 1.29 is 4.79 Å². The molecule has 0 radical (unpaired) electrons. The first-order valence-corrected chi connectivity index (χ1v) is 7.13. The van der Waals surface area contributed by atoms with Crippen molar-refractivity contribution in [2.24, 2.45) is 7.05 Å². The highest BCUT2D eigenvalue weighted by molar-refractivity contribution is 6.28. The molecular formula is C13H14ClN7O. The minimum atomic E-state index is -0.389. The van der Waals surface area contributed by atoms with Crippen LogP contribution < -0.4 is 5.32 Å². The first-order chi connectivity index (χ1) is 10.6. The second-order valence-electron chi connectivity index (χ2n) is 4.76. The predicted octanol–water partition coefficient (Wildman–Crippen LogP) is 1.39. The number of aromatic nitrogens is 6. The molecule has 0 aliphatic rings. The highest BCUT2D eigenvalue weighted by Crippen LogP contribution is 2.16. The molecule has 0 fully saturated rings. The normalized spacial score (nSPS) is 12.5. The van der Waals surface area contributed by atoms with Gasteiger partial charge in [-0.2, -0.15) is 4.98 Å². The van der Waals surface area contributed by atoms with Gasteiger partial charge in [0.1, 0.15) is 0 Å². The summed E-state index contributed by atoms with van der Waals surface area (Å²) in [7, 11) is 1.62. The van der Waals surface area contributed by atoms with E-state index in [1.165, 1.54) is 4.68 Å².